The van der Waals surface area contributed by atoms with Gasteiger partial charge in [-0.25, -0.2) is 4.98 Å². The number of carbonyl (C=O) groups is 2. The molecule has 1 N–H and O–H groups in total. The number of hydrogen-bond acceptors (Lipinski definition) is 4. The minimum atomic E-state index is -0.458. The molecule has 1 heterocycles. The molecule has 138 valence electrons. The highest BCUT2D eigenvalue weighted by Crippen LogP contribution is 2.35. The number of benzene rings is 2. The van der Waals surface area contributed by atoms with Gasteiger partial charge in [0.15, 0.2) is 10.9 Å². The Labute approximate surface area is 162 Å². The van der Waals surface area contributed by atoms with Gasteiger partial charge in [-0.2, -0.15) is 0 Å². The van der Waals surface area contributed by atoms with E-state index < -0.39 is 5.25 Å². The second-order valence-corrected chi connectivity index (χ2v) is 7.10. The number of aryl methyl sites for hydroxylation is 1. The van der Waals surface area contributed by atoms with Crippen LogP contribution in [0.3, 0.4) is 0 Å². The minimum absolute atomic E-state index is 0.0370. The smallest absolute Gasteiger partial charge is 0.242 e. The monoisotopic (exact) mass is 379 g/mol. The summed E-state index contributed by atoms with van der Waals surface area (Å²) in [7, 11) is 0. The zero-order valence-corrected chi connectivity index (χ0v) is 16.1. The SMILES string of the molecule is CCn1ccnc1SC(C(=O)Nc1cccc(C(C)=O)c1)c1ccccc1. The van der Waals surface area contributed by atoms with Crippen LogP contribution in [0.25, 0.3) is 0 Å². The standard InChI is InChI=1S/C21H21N3O2S/c1-3-24-13-12-22-21(24)27-19(16-8-5-4-6-9-16)20(26)23-18-11-7-10-17(14-18)15(2)25/h4-14,19H,3H2,1-2H3,(H,23,26). The predicted octanol–water partition coefficient (Wildman–Crippen LogP) is 4.58. The molecule has 0 radical (unpaired) electrons. The summed E-state index contributed by atoms with van der Waals surface area (Å²) in [4.78, 5) is 29.0. The van der Waals surface area contributed by atoms with Gasteiger partial charge in [-0.3, -0.25) is 9.59 Å². The molecule has 0 saturated carbocycles. The van der Waals surface area contributed by atoms with E-state index in [1.165, 1.54) is 18.7 Å². The van der Waals surface area contributed by atoms with Gasteiger partial charge in [0.25, 0.3) is 0 Å². The fourth-order valence-electron chi connectivity index (χ4n) is 2.68. The average Bonchev–Trinajstić information content (AvgIpc) is 3.14. The third-order valence-electron chi connectivity index (χ3n) is 4.12. The van der Waals surface area contributed by atoms with Crippen molar-refractivity contribution in [3.05, 3.63) is 78.1 Å². The molecule has 0 fully saturated rings. The molecule has 6 heteroatoms. The number of Topliss-reactive ketones (excluding diaryl/α,β-unsaturated/α-hetero) is 1. The lowest BCUT2D eigenvalue weighted by Gasteiger charge is -2.17. The number of imidazole rings is 1. The van der Waals surface area contributed by atoms with Crippen molar-refractivity contribution in [1.29, 1.82) is 0 Å². The van der Waals surface area contributed by atoms with Gasteiger partial charge in [0.2, 0.25) is 5.91 Å². The Hall–Kier alpha value is -2.86. The second-order valence-electron chi connectivity index (χ2n) is 6.03. The minimum Gasteiger partial charge on any atom is -0.326 e. The van der Waals surface area contributed by atoms with Gasteiger partial charge in [0.1, 0.15) is 5.25 Å². The van der Waals surface area contributed by atoms with Crippen LogP contribution in [-0.4, -0.2) is 21.2 Å². The molecular weight excluding hydrogens is 358 g/mol. The third kappa shape index (κ3) is 4.65. The fourth-order valence-corrected chi connectivity index (χ4v) is 3.80. The largest absolute Gasteiger partial charge is 0.326 e. The van der Waals surface area contributed by atoms with E-state index in [1.54, 1.807) is 30.5 Å². The molecule has 2 aromatic carbocycles. The number of nitrogens with zero attached hydrogens (tertiary/aromatic N) is 2. The van der Waals surface area contributed by atoms with Gasteiger partial charge in [-0.1, -0.05) is 54.2 Å². The molecule has 3 rings (SSSR count). The summed E-state index contributed by atoms with van der Waals surface area (Å²) in [5, 5.41) is 3.27. The summed E-state index contributed by atoms with van der Waals surface area (Å²) in [5.74, 6) is -0.192. The van der Waals surface area contributed by atoms with E-state index in [9.17, 15) is 9.59 Å². The van der Waals surface area contributed by atoms with Crippen LogP contribution in [-0.2, 0) is 11.3 Å². The molecule has 5 nitrogen and oxygen atoms in total. The first-order chi connectivity index (χ1) is 13.1. The van der Waals surface area contributed by atoms with Gasteiger partial charge in [-0.05, 0) is 31.5 Å². The predicted molar refractivity (Wildman–Crippen MR) is 108 cm³/mol. The van der Waals surface area contributed by atoms with Gasteiger partial charge >= 0.3 is 0 Å². The van der Waals surface area contributed by atoms with Crippen molar-refractivity contribution in [1.82, 2.24) is 9.55 Å². The van der Waals surface area contributed by atoms with Crippen LogP contribution in [0.4, 0.5) is 5.69 Å². The first-order valence-electron chi connectivity index (χ1n) is 8.73. The Bertz CT molecular complexity index is 937. The first-order valence-corrected chi connectivity index (χ1v) is 9.61. The molecule has 0 saturated heterocycles. The Balaban J connectivity index is 1.87. The highest BCUT2D eigenvalue weighted by molar-refractivity contribution is 8.00. The number of amides is 1. The van der Waals surface area contributed by atoms with Crippen LogP contribution >= 0.6 is 11.8 Å². The van der Waals surface area contributed by atoms with Crippen LogP contribution in [0.1, 0.15) is 35.0 Å². The van der Waals surface area contributed by atoms with E-state index in [-0.39, 0.29) is 11.7 Å². The van der Waals surface area contributed by atoms with Gasteiger partial charge in [0.05, 0.1) is 0 Å². The number of nitrogens with one attached hydrogen (secondary N) is 1. The van der Waals surface area contributed by atoms with Crippen LogP contribution < -0.4 is 5.32 Å². The summed E-state index contributed by atoms with van der Waals surface area (Å²) in [5.41, 5.74) is 2.07. The maximum absolute atomic E-state index is 13.1. The molecule has 1 atom stereocenters. The van der Waals surface area contributed by atoms with Crippen molar-refractivity contribution in [2.24, 2.45) is 0 Å². The molecule has 0 aliphatic heterocycles. The molecule has 0 spiro atoms. The quantitative estimate of drug-likeness (QED) is 0.482. The topological polar surface area (TPSA) is 64.0 Å². The van der Waals surface area contributed by atoms with E-state index in [0.29, 0.717) is 11.3 Å². The van der Waals surface area contributed by atoms with E-state index >= 15 is 0 Å². The molecule has 0 bridgehead atoms. The summed E-state index contributed by atoms with van der Waals surface area (Å²) >= 11 is 1.41. The first kappa shape index (κ1) is 18.9. The van der Waals surface area contributed by atoms with Crippen LogP contribution in [0, 0.1) is 0 Å². The second kappa shape index (κ2) is 8.68. The van der Waals surface area contributed by atoms with E-state index in [4.69, 9.17) is 0 Å². The Morgan fingerprint density at radius 3 is 2.63 bits per heavy atom. The number of hydrogen-bond donors (Lipinski definition) is 1. The number of rotatable bonds is 7. The van der Waals surface area contributed by atoms with E-state index in [1.807, 2.05) is 48.0 Å². The van der Waals surface area contributed by atoms with Crippen LogP contribution in [0.2, 0.25) is 0 Å². The fraction of sp³-hybridized carbons (Fsp3) is 0.190. The van der Waals surface area contributed by atoms with E-state index in [0.717, 1.165) is 17.3 Å². The number of thioether (sulfide) groups is 1. The molecule has 0 aliphatic carbocycles. The summed E-state index contributed by atoms with van der Waals surface area (Å²) < 4.78 is 2.00. The number of anilines is 1. The Morgan fingerprint density at radius 1 is 1.15 bits per heavy atom. The molecule has 1 amide bonds. The average molecular weight is 379 g/mol. The maximum atomic E-state index is 13.1. The van der Waals surface area contributed by atoms with Crippen molar-refractivity contribution >= 4 is 29.1 Å². The molecule has 1 aromatic heterocycles. The van der Waals surface area contributed by atoms with Crippen LogP contribution in [0.5, 0.6) is 0 Å². The van der Waals surface area contributed by atoms with Crippen molar-refractivity contribution in [2.75, 3.05) is 5.32 Å². The van der Waals surface area contributed by atoms with Crippen molar-refractivity contribution in [3.63, 3.8) is 0 Å². The summed E-state index contributed by atoms with van der Waals surface area (Å²) in [6, 6.07) is 16.6. The Kier molecular flexibility index (Phi) is 6.08. The van der Waals surface area contributed by atoms with Gasteiger partial charge < -0.3 is 9.88 Å². The van der Waals surface area contributed by atoms with Gasteiger partial charge in [0, 0.05) is 30.2 Å². The van der Waals surface area contributed by atoms with Crippen molar-refractivity contribution < 1.29 is 9.59 Å². The molecule has 27 heavy (non-hydrogen) atoms. The molecule has 0 aliphatic rings. The van der Waals surface area contributed by atoms with Crippen molar-refractivity contribution in [3.8, 4) is 0 Å². The third-order valence-corrected chi connectivity index (χ3v) is 5.39. The number of aromatic nitrogens is 2. The summed E-state index contributed by atoms with van der Waals surface area (Å²) in [6.07, 6.45) is 3.64. The highest BCUT2D eigenvalue weighted by Gasteiger charge is 2.24. The molecular formula is C21H21N3O2S. The number of carbonyl (C=O) groups excluding carboxylic acids is 2. The zero-order valence-electron chi connectivity index (χ0n) is 15.3. The normalized spacial score (nSPS) is 11.8. The van der Waals surface area contributed by atoms with Crippen molar-refractivity contribution in [2.45, 2.75) is 30.8 Å². The highest BCUT2D eigenvalue weighted by atomic mass is 32.2. The lowest BCUT2D eigenvalue weighted by Crippen LogP contribution is -2.19. The van der Waals surface area contributed by atoms with E-state index in [2.05, 4.69) is 10.3 Å². The van der Waals surface area contributed by atoms with Crippen LogP contribution in [0.15, 0.2) is 72.1 Å². The summed E-state index contributed by atoms with van der Waals surface area (Å²) in [6.45, 7) is 4.33. The number of ketones is 1. The van der Waals surface area contributed by atoms with Gasteiger partial charge in [-0.15, -0.1) is 0 Å². The molecule has 1 unspecified atom stereocenters. The lowest BCUT2D eigenvalue weighted by atomic mass is 10.1. The Morgan fingerprint density at radius 2 is 1.93 bits per heavy atom. The lowest BCUT2D eigenvalue weighted by molar-refractivity contribution is -0.115. The maximum Gasteiger partial charge on any atom is 0.242 e. The molecule has 3 aromatic rings. The zero-order chi connectivity index (χ0) is 19.2.